The Labute approximate surface area is 120 Å². The average Bonchev–Trinajstić information content (AvgIpc) is 2.62. The van der Waals surface area contributed by atoms with Crippen LogP contribution >= 0.6 is 38.9 Å². The molecule has 0 spiro atoms. The predicted octanol–water partition coefficient (Wildman–Crippen LogP) is 5.76. The van der Waals surface area contributed by atoms with Gasteiger partial charge in [-0.25, -0.2) is 0 Å². The van der Waals surface area contributed by atoms with E-state index in [2.05, 4.69) is 54.2 Å². The number of benzene rings is 1. The van der Waals surface area contributed by atoms with Gasteiger partial charge in [0, 0.05) is 9.35 Å². The van der Waals surface area contributed by atoms with Gasteiger partial charge in [-0.3, -0.25) is 0 Å². The van der Waals surface area contributed by atoms with E-state index >= 15 is 0 Å². The third kappa shape index (κ3) is 2.59. The highest BCUT2D eigenvalue weighted by molar-refractivity contribution is 9.10. The SMILES string of the molecule is Cc1cc(C)c(C(Cl)c2sccc2Br)c(C)c1. The summed E-state index contributed by atoms with van der Waals surface area (Å²) >= 11 is 11.9. The molecular formula is C14H14BrClS. The van der Waals surface area contributed by atoms with E-state index in [4.69, 9.17) is 11.6 Å². The molecule has 2 rings (SSSR count). The fourth-order valence-corrected chi connectivity index (χ4v) is 4.54. The minimum absolute atomic E-state index is 0.0648. The van der Waals surface area contributed by atoms with Crippen LogP contribution in [-0.4, -0.2) is 0 Å². The number of alkyl halides is 1. The Kier molecular flexibility index (Phi) is 3.96. The van der Waals surface area contributed by atoms with Crippen LogP contribution in [0, 0.1) is 20.8 Å². The van der Waals surface area contributed by atoms with Crippen molar-refractivity contribution in [1.82, 2.24) is 0 Å². The van der Waals surface area contributed by atoms with E-state index in [1.807, 2.05) is 6.07 Å². The maximum absolute atomic E-state index is 6.62. The van der Waals surface area contributed by atoms with Gasteiger partial charge in [0.25, 0.3) is 0 Å². The second kappa shape index (κ2) is 5.13. The van der Waals surface area contributed by atoms with E-state index in [9.17, 15) is 0 Å². The Hall–Kier alpha value is -0.310. The molecule has 0 saturated carbocycles. The van der Waals surface area contributed by atoms with Crippen molar-refractivity contribution in [1.29, 1.82) is 0 Å². The predicted molar refractivity (Wildman–Crippen MR) is 80.4 cm³/mol. The second-order valence-electron chi connectivity index (χ2n) is 4.31. The summed E-state index contributed by atoms with van der Waals surface area (Å²) in [6.45, 7) is 6.38. The van der Waals surface area contributed by atoms with Crippen LogP contribution in [0.3, 0.4) is 0 Å². The standard InChI is InChI=1S/C14H14BrClS/c1-8-6-9(2)12(10(3)7-8)13(16)14-11(15)4-5-17-14/h4-7,13H,1-3H3. The number of rotatable bonds is 2. The highest BCUT2D eigenvalue weighted by Crippen LogP contribution is 2.40. The molecule has 1 aromatic carbocycles. The van der Waals surface area contributed by atoms with Gasteiger partial charge < -0.3 is 0 Å². The molecule has 0 nitrogen and oxygen atoms in total. The first-order valence-corrected chi connectivity index (χ1v) is 7.56. The van der Waals surface area contributed by atoms with Gasteiger partial charge in [0.2, 0.25) is 0 Å². The summed E-state index contributed by atoms with van der Waals surface area (Å²) in [5.41, 5.74) is 5.06. The van der Waals surface area contributed by atoms with E-state index in [-0.39, 0.29) is 5.38 Å². The van der Waals surface area contributed by atoms with Crippen molar-refractivity contribution in [2.24, 2.45) is 0 Å². The topological polar surface area (TPSA) is 0 Å². The molecule has 1 aromatic heterocycles. The van der Waals surface area contributed by atoms with Crippen molar-refractivity contribution in [3.63, 3.8) is 0 Å². The van der Waals surface area contributed by atoms with Crippen molar-refractivity contribution in [2.45, 2.75) is 26.1 Å². The van der Waals surface area contributed by atoms with Gasteiger partial charge in [-0.05, 0) is 64.8 Å². The van der Waals surface area contributed by atoms with Crippen LogP contribution in [0.1, 0.15) is 32.5 Å². The fourth-order valence-electron chi connectivity index (χ4n) is 2.21. The van der Waals surface area contributed by atoms with Gasteiger partial charge in [0.05, 0.1) is 5.38 Å². The molecule has 1 atom stereocenters. The summed E-state index contributed by atoms with van der Waals surface area (Å²) in [7, 11) is 0. The van der Waals surface area contributed by atoms with Crippen molar-refractivity contribution < 1.29 is 0 Å². The molecule has 0 bridgehead atoms. The zero-order chi connectivity index (χ0) is 12.6. The monoisotopic (exact) mass is 328 g/mol. The normalized spacial score (nSPS) is 12.8. The first-order valence-electron chi connectivity index (χ1n) is 5.45. The third-order valence-corrected chi connectivity index (χ3v) is 5.37. The Morgan fingerprint density at radius 1 is 1.18 bits per heavy atom. The Morgan fingerprint density at radius 2 is 1.76 bits per heavy atom. The number of halogens is 2. The number of aryl methyl sites for hydroxylation is 3. The van der Waals surface area contributed by atoms with Gasteiger partial charge in [-0.1, -0.05) is 17.7 Å². The van der Waals surface area contributed by atoms with E-state index in [0.29, 0.717) is 0 Å². The van der Waals surface area contributed by atoms with Crippen LogP contribution in [0.2, 0.25) is 0 Å². The molecule has 0 N–H and O–H groups in total. The summed E-state index contributed by atoms with van der Waals surface area (Å²) < 4.78 is 1.10. The van der Waals surface area contributed by atoms with Gasteiger partial charge in [-0.15, -0.1) is 22.9 Å². The molecule has 17 heavy (non-hydrogen) atoms. The molecule has 3 heteroatoms. The van der Waals surface area contributed by atoms with Gasteiger partial charge in [0.15, 0.2) is 0 Å². The maximum atomic E-state index is 6.62. The van der Waals surface area contributed by atoms with E-state index < -0.39 is 0 Å². The van der Waals surface area contributed by atoms with E-state index in [1.165, 1.54) is 27.1 Å². The quantitative estimate of drug-likeness (QED) is 0.614. The Morgan fingerprint density at radius 3 is 2.24 bits per heavy atom. The third-order valence-electron chi connectivity index (χ3n) is 2.87. The Bertz CT molecular complexity index is 522. The number of hydrogen-bond donors (Lipinski definition) is 0. The van der Waals surface area contributed by atoms with Gasteiger partial charge in [-0.2, -0.15) is 0 Å². The average molecular weight is 330 g/mol. The van der Waals surface area contributed by atoms with Crippen molar-refractivity contribution >= 4 is 38.9 Å². The highest BCUT2D eigenvalue weighted by atomic mass is 79.9. The van der Waals surface area contributed by atoms with E-state index in [1.54, 1.807) is 11.3 Å². The van der Waals surface area contributed by atoms with Gasteiger partial charge in [0.1, 0.15) is 0 Å². The summed E-state index contributed by atoms with van der Waals surface area (Å²) in [4.78, 5) is 1.18. The summed E-state index contributed by atoms with van der Waals surface area (Å²) in [6, 6.07) is 6.44. The first-order chi connectivity index (χ1) is 8.00. The van der Waals surface area contributed by atoms with Crippen molar-refractivity contribution in [3.8, 4) is 0 Å². The number of thiophene rings is 1. The maximum Gasteiger partial charge on any atom is 0.0944 e. The van der Waals surface area contributed by atoms with Crippen LogP contribution in [-0.2, 0) is 0 Å². The molecule has 0 radical (unpaired) electrons. The molecular weight excluding hydrogens is 316 g/mol. The molecule has 1 heterocycles. The second-order valence-corrected chi connectivity index (χ2v) is 6.55. The lowest BCUT2D eigenvalue weighted by atomic mass is 9.96. The lowest BCUT2D eigenvalue weighted by molar-refractivity contribution is 1.09. The molecule has 90 valence electrons. The fraction of sp³-hybridized carbons (Fsp3) is 0.286. The zero-order valence-corrected chi connectivity index (χ0v) is 13.2. The number of hydrogen-bond acceptors (Lipinski definition) is 1. The highest BCUT2D eigenvalue weighted by Gasteiger charge is 2.19. The summed E-state index contributed by atoms with van der Waals surface area (Å²) in [5, 5.41) is 2.00. The molecule has 2 aromatic rings. The van der Waals surface area contributed by atoms with Crippen molar-refractivity contribution in [3.05, 3.63) is 55.2 Å². The van der Waals surface area contributed by atoms with Crippen LogP contribution in [0.5, 0.6) is 0 Å². The molecule has 0 aliphatic carbocycles. The molecule has 1 unspecified atom stereocenters. The van der Waals surface area contributed by atoms with Crippen LogP contribution in [0.15, 0.2) is 28.1 Å². The van der Waals surface area contributed by atoms with Crippen LogP contribution < -0.4 is 0 Å². The molecule has 0 aliphatic heterocycles. The molecule has 0 saturated heterocycles. The molecule has 0 fully saturated rings. The van der Waals surface area contributed by atoms with Gasteiger partial charge >= 0.3 is 0 Å². The lowest BCUT2D eigenvalue weighted by Gasteiger charge is -2.16. The van der Waals surface area contributed by atoms with Crippen molar-refractivity contribution in [2.75, 3.05) is 0 Å². The lowest BCUT2D eigenvalue weighted by Crippen LogP contribution is -1.99. The minimum atomic E-state index is -0.0648. The van der Waals surface area contributed by atoms with E-state index in [0.717, 1.165) is 4.47 Å². The van der Waals surface area contributed by atoms with Crippen LogP contribution in [0.25, 0.3) is 0 Å². The van der Waals surface area contributed by atoms with Crippen LogP contribution in [0.4, 0.5) is 0 Å². The first kappa shape index (κ1) is 13.1. The molecule has 0 aliphatic rings. The smallest absolute Gasteiger partial charge is 0.0944 e. The summed E-state index contributed by atoms with van der Waals surface area (Å²) in [5.74, 6) is 0. The zero-order valence-electron chi connectivity index (χ0n) is 10.1. The summed E-state index contributed by atoms with van der Waals surface area (Å²) in [6.07, 6.45) is 0. The largest absolute Gasteiger partial charge is 0.146 e. The Balaban J connectivity index is 2.51. The molecule has 0 amide bonds. The minimum Gasteiger partial charge on any atom is -0.146 e.